The quantitative estimate of drug-likeness (QED) is 0.232. The summed E-state index contributed by atoms with van der Waals surface area (Å²) >= 11 is 0. The number of anilines is 3. The number of aryl methyl sites for hydroxylation is 3. The van der Waals surface area contributed by atoms with E-state index >= 15 is 0 Å². The molecular formula is C31H33N5O2. The zero-order chi connectivity index (χ0) is 26.6. The molecule has 0 fully saturated rings. The molecule has 0 atom stereocenters. The molecule has 1 aliphatic rings. The van der Waals surface area contributed by atoms with Gasteiger partial charge in [-0.2, -0.15) is 0 Å². The fraction of sp³-hybridized carbons (Fsp3) is 0.258. The average molecular weight is 508 g/mol. The van der Waals surface area contributed by atoms with Crippen molar-refractivity contribution >= 4 is 28.9 Å². The Morgan fingerprint density at radius 1 is 1.00 bits per heavy atom. The summed E-state index contributed by atoms with van der Waals surface area (Å²) in [6, 6.07) is 23.5. The van der Waals surface area contributed by atoms with Gasteiger partial charge in [-0.15, -0.1) is 0 Å². The third-order valence-corrected chi connectivity index (χ3v) is 6.92. The van der Waals surface area contributed by atoms with Gasteiger partial charge in [0.05, 0.1) is 0 Å². The van der Waals surface area contributed by atoms with Gasteiger partial charge in [0.15, 0.2) is 0 Å². The molecule has 3 heterocycles. The van der Waals surface area contributed by atoms with Crippen molar-refractivity contribution in [3.63, 3.8) is 0 Å². The number of nitrogens with zero attached hydrogens (tertiary/aromatic N) is 3. The van der Waals surface area contributed by atoms with E-state index in [1.165, 1.54) is 5.56 Å². The van der Waals surface area contributed by atoms with E-state index in [0.717, 1.165) is 66.5 Å². The van der Waals surface area contributed by atoms with Crippen LogP contribution in [0, 0.1) is 13.8 Å². The number of carbonyl (C=O) groups is 2. The maximum absolute atomic E-state index is 13.4. The maximum Gasteiger partial charge on any atom is 0.298 e. The first-order valence-corrected chi connectivity index (χ1v) is 13.0. The molecule has 2 aromatic heterocycles. The Bertz CT molecular complexity index is 1440. The van der Waals surface area contributed by atoms with Crippen LogP contribution in [0.1, 0.15) is 33.9 Å². The number of pyridine rings is 1. The molecule has 0 saturated heterocycles. The van der Waals surface area contributed by atoms with E-state index in [9.17, 15) is 9.59 Å². The summed E-state index contributed by atoms with van der Waals surface area (Å²) in [5.74, 6) is -0.256. The molecule has 0 saturated carbocycles. The first kappa shape index (κ1) is 25.3. The van der Waals surface area contributed by atoms with E-state index in [2.05, 4.69) is 39.6 Å². The topological polar surface area (TPSA) is 79.3 Å². The van der Waals surface area contributed by atoms with E-state index in [4.69, 9.17) is 0 Å². The van der Waals surface area contributed by atoms with Crippen molar-refractivity contribution in [2.45, 2.75) is 33.2 Å². The van der Waals surface area contributed by atoms with Gasteiger partial charge in [0, 0.05) is 55.0 Å². The SMILES string of the molecule is Cc1cc(C)nc(NCCN(C)c2ccc(NC(=O)C(=O)c3c(-c4ccccc4)cc4n3CCC4)cc2)c1. The van der Waals surface area contributed by atoms with Gasteiger partial charge in [-0.25, -0.2) is 4.98 Å². The largest absolute Gasteiger partial charge is 0.373 e. The van der Waals surface area contributed by atoms with Crippen LogP contribution < -0.4 is 15.5 Å². The molecule has 1 aliphatic heterocycles. The van der Waals surface area contributed by atoms with E-state index in [0.29, 0.717) is 11.4 Å². The number of hydrogen-bond donors (Lipinski definition) is 2. The number of amides is 1. The summed E-state index contributed by atoms with van der Waals surface area (Å²) < 4.78 is 2.00. The van der Waals surface area contributed by atoms with Crippen molar-refractivity contribution in [2.75, 3.05) is 35.7 Å². The standard InChI is InChI=1S/C31H33N5O2/c1-21-18-22(2)33-28(19-21)32-15-17-35(3)25-13-11-24(12-14-25)34-31(38)30(37)29-27(23-8-5-4-6-9-23)20-26-10-7-16-36(26)29/h4-6,8-9,11-14,18-20H,7,10,15-17H2,1-3H3,(H,32,33)(H,34,38). The fourth-order valence-electron chi connectivity index (χ4n) is 5.07. The Morgan fingerprint density at radius 2 is 1.76 bits per heavy atom. The minimum atomic E-state index is -0.624. The van der Waals surface area contributed by atoms with Gasteiger partial charge >= 0.3 is 0 Å². The van der Waals surface area contributed by atoms with Crippen molar-refractivity contribution in [1.82, 2.24) is 9.55 Å². The number of hydrogen-bond acceptors (Lipinski definition) is 5. The third kappa shape index (κ3) is 5.47. The normalized spacial score (nSPS) is 12.2. The number of aromatic nitrogens is 2. The second-order valence-corrected chi connectivity index (χ2v) is 9.87. The van der Waals surface area contributed by atoms with Crippen LogP contribution in [0.5, 0.6) is 0 Å². The van der Waals surface area contributed by atoms with E-state index < -0.39 is 11.7 Å². The number of fused-ring (bicyclic) bond motifs is 1. The van der Waals surface area contributed by atoms with Gasteiger partial charge in [-0.3, -0.25) is 9.59 Å². The van der Waals surface area contributed by atoms with Crippen molar-refractivity contribution in [1.29, 1.82) is 0 Å². The minimum Gasteiger partial charge on any atom is -0.373 e. The lowest BCUT2D eigenvalue weighted by Gasteiger charge is -2.20. The zero-order valence-electron chi connectivity index (χ0n) is 22.1. The Kier molecular flexibility index (Phi) is 7.26. The molecule has 0 aliphatic carbocycles. The fourth-order valence-corrected chi connectivity index (χ4v) is 5.07. The number of nitrogens with one attached hydrogen (secondary N) is 2. The lowest BCUT2D eigenvalue weighted by molar-refractivity contribution is -0.112. The molecule has 0 bridgehead atoms. The van der Waals surface area contributed by atoms with Crippen LogP contribution in [-0.2, 0) is 17.8 Å². The molecule has 0 spiro atoms. The zero-order valence-corrected chi connectivity index (χ0v) is 22.1. The van der Waals surface area contributed by atoms with Crippen molar-refractivity contribution in [3.8, 4) is 11.1 Å². The minimum absolute atomic E-state index is 0.475. The van der Waals surface area contributed by atoms with Crippen LogP contribution in [-0.4, -0.2) is 41.4 Å². The van der Waals surface area contributed by atoms with Gasteiger partial charge < -0.3 is 20.1 Å². The molecular weight excluding hydrogens is 474 g/mol. The first-order valence-electron chi connectivity index (χ1n) is 13.0. The molecule has 0 unspecified atom stereocenters. The molecule has 7 nitrogen and oxygen atoms in total. The summed E-state index contributed by atoms with van der Waals surface area (Å²) in [5, 5.41) is 6.18. The van der Waals surface area contributed by atoms with Gasteiger partial charge in [-0.05, 0) is 80.3 Å². The number of carbonyl (C=O) groups excluding carboxylic acids is 2. The first-order chi connectivity index (χ1) is 18.4. The highest BCUT2D eigenvalue weighted by Crippen LogP contribution is 2.32. The van der Waals surface area contributed by atoms with Crippen LogP contribution in [0.25, 0.3) is 11.1 Å². The number of Topliss-reactive ketones (excluding diaryl/α,β-unsaturated/α-hetero) is 1. The predicted molar refractivity (Wildman–Crippen MR) is 153 cm³/mol. The average Bonchev–Trinajstić information content (AvgIpc) is 3.50. The maximum atomic E-state index is 13.4. The van der Waals surface area contributed by atoms with E-state index in [1.807, 2.05) is 79.2 Å². The Labute approximate surface area is 223 Å². The van der Waals surface area contributed by atoms with Gasteiger partial charge in [0.25, 0.3) is 11.7 Å². The lowest BCUT2D eigenvalue weighted by Crippen LogP contribution is -2.26. The molecule has 7 heteroatoms. The number of benzene rings is 2. The second-order valence-electron chi connectivity index (χ2n) is 9.87. The molecule has 5 rings (SSSR count). The van der Waals surface area contributed by atoms with Gasteiger partial charge in [0.1, 0.15) is 11.5 Å². The monoisotopic (exact) mass is 507 g/mol. The summed E-state index contributed by atoms with van der Waals surface area (Å²) in [7, 11) is 2.02. The molecule has 38 heavy (non-hydrogen) atoms. The highest BCUT2D eigenvalue weighted by atomic mass is 16.2. The van der Waals surface area contributed by atoms with Gasteiger partial charge in [0.2, 0.25) is 0 Å². The predicted octanol–water partition coefficient (Wildman–Crippen LogP) is 5.48. The van der Waals surface area contributed by atoms with Crippen LogP contribution in [0.15, 0.2) is 72.8 Å². The molecule has 0 radical (unpaired) electrons. The van der Waals surface area contributed by atoms with Crippen molar-refractivity contribution in [2.24, 2.45) is 0 Å². The van der Waals surface area contributed by atoms with Crippen molar-refractivity contribution in [3.05, 3.63) is 95.4 Å². The van der Waals surface area contributed by atoms with Crippen LogP contribution >= 0.6 is 0 Å². The molecule has 1 amide bonds. The Morgan fingerprint density at radius 3 is 2.50 bits per heavy atom. The number of rotatable bonds is 9. The summed E-state index contributed by atoms with van der Waals surface area (Å²) in [5.41, 5.74) is 7.13. The Balaban J connectivity index is 1.22. The third-order valence-electron chi connectivity index (χ3n) is 6.92. The van der Waals surface area contributed by atoms with Crippen LogP contribution in [0.2, 0.25) is 0 Å². The second kappa shape index (κ2) is 10.9. The molecule has 2 aromatic carbocycles. The van der Waals surface area contributed by atoms with Gasteiger partial charge in [-0.1, -0.05) is 30.3 Å². The molecule has 194 valence electrons. The van der Waals surface area contributed by atoms with Crippen LogP contribution in [0.4, 0.5) is 17.2 Å². The summed E-state index contributed by atoms with van der Waals surface area (Å²) in [6.45, 7) is 6.33. The Hall–Kier alpha value is -4.39. The van der Waals surface area contributed by atoms with E-state index in [-0.39, 0.29) is 0 Å². The smallest absolute Gasteiger partial charge is 0.298 e. The molecule has 2 N–H and O–H groups in total. The number of ketones is 1. The summed E-state index contributed by atoms with van der Waals surface area (Å²) in [4.78, 5) is 33.0. The lowest BCUT2D eigenvalue weighted by atomic mass is 10.0. The molecule has 4 aromatic rings. The van der Waals surface area contributed by atoms with Crippen molar-refractivity contribution < 1.29 is 9.59 Å². The van der Waals surface area contributed by atoms with Crippen LogP contribution in [0.3, 0.4) is 0 Å². The highest BCUT2D eigenvalue weighted by Gasteiger charge is 2.28. The highest BCUT2D eigenvalue weighted by molar-refractivity contribution is 6.47. The summed E-state index contributed by atoms with van der Waals surface area (Å²) in [6.07, 6.45) is 1.90. The number of likely N-dealkylation sites (N-methyl/N-ethyl adjacent to an activating group) is 1. The van der Waals surface area contributed by atoms with E-state index in [1.54, 1.807) is 0 Å².